The van der Waals surface area contributed by atoms with Gasteiger partial charge in [-0.25, -0.2) is 0 Å². The number of aliphatic imine (C=N–C) groups is 1. The molecule has 1 aliphatic rings. The molecule has 0 amide bonds. The highest BCUT2D eigenvalue weighted by Gasteiger charge is 2.07. The summed E-state index contributed by atoms with van der Waals surface area (Å²) in [6, 6.07) is 0. The molecule has 1 heterocycles. The fourth-order valence-electron chi connectivity index (χ4n) is 0.755. The van der Waals surface area contributed by atoms with Crippen LogP contribution in [0.25, 0.3) is 0 Å². The number of nitrogens with zero attached hydrogens (tertiary/aromatic N) is 2. The van der Waals surface area contributed by atoms with Crippen LogP contribution in [-0.2, 0) is 0 Å². The quantitative estimate of drug-likeness (QED) is 0.527. The smallest absolute Gasteiger partial charge is 0.132 e. The summed E-state index contributed by atoms with van der Waals surface area (Å²) in [7, 11) is 1.96. The van der Waals surface area contributed by atoms with Gasteiger partial charge in [-0.3, -0.25) is 4.99 Å². The molecule has 1 aliphatic heterocycles. The van der Waals surface area contributed by atoms with Gasteiger partial charge in [-0.15, -0.1) is 0 Å². The summed E-state index contributed by atoms with van der Waals surface area (Å²) >= 11 is 0. The molecule has 0 saturated carbocycles. The highest BCUT2D eigenvalue weighted by molar-refractivity contribution is 5.71. The van der Waals surface area contributed by atoms with Crippen molar-refractivity contribution in [3.8, 4) is 0 Å². The lowest BCUT2D eigenvalue weighted by atomic mass is 10.4. The fraction of sp³-hybridized carbons (Fsp3) is 0.500. The number of rotatable bonds is 1. The number of hydrogen-bond acceptors (Lipinski definition) is 3. The van der Waals surface area contributed by atoms with Gasteiger partial charge in [-0.2, -0.15) is 0 Å². The maximum absolute atomic E-state index is 5.40. The summed E-state index contributed by atoms with van der Waals surface area (Å²) in [5, 5.41) is 0. The molecular weight excluding hydrogens is 114 g/mol. The molecule has 0 saturated heterocycles. The first-order valence-corrected chi connectivity index (χ1v) is 2.96. The van der Waals surface area contributed by atoms with Crippen LogP contribution in [0.3, 0.4) is 0 Å². The van der Waals surface area contributed by atoms with Crippen molar-refractivity contribution in [3.05, 3.63) is 12.3 Å². The molecule has 0 spiro atoms. The Labute approximate surface area is 54.9 Å². The van der Waals surface area contributed by atoms with Crippen molar-refractivity contribution in [2.45, 2.75) is 6.17 Å². The summed E-state index contributed by atoms with van der Waals surface area (Å²) in [4.78, 5) is 6.10. The van der Waals surface area contributed by atoms with E-state index in [1.54, 1.807) is 6.21 Å². The lowest BCUT2D eigenvalue weighted by Crippen LogP contribution is -2.34. The molecule has 0 aliphatic carbocycles. The molecule has 1 rings (SSSR count). The van der Waals surface area contributed by atoms with E-state index in [4.69, 9.17) is 5.73 Å². The van der Waals surface area contributed by atoms with E-state index in [1.807, 2.05) is 24.2 Å². The molecule has 50 valence electrons. The van der Waals surface area contributed by atoms with E-state index in [0.717, 1.165) is 0 Å². The normalized spacial score (nSPS) is 25.1. The highest BCUT2D eigenvalue weighted by atomic mass is 15.2. The summed E-state index contributed by atoms with van der Waals surface area (Å²) in [6.07, 6.45) is 5.78. The molecule has 0 aromatic carbocycles. The van der Waals surface area contributed by atoms with Crippen LogP contribution >= 0.6 is 0 Å². The lowest BCUT2D eigenvalue weighted by Gasteiger charge is -2.23. The van der Waals surface area contributed by atoms with Crippen LogP contribution in [0.2, 0.25) is 0 Å². The largest absolute Gasteiger partial charge is 0.358 e. The SMILES string of the molecule is CN1C=CC=NC1CN. The molecule has 0 radical (unpaired) electrons. The van der Waals surface area contributed by atoms with E-state index in [2.05, 4.69) is 4.99 Å². The van der Waals surface area contributed by atoms with Crippen molar-refractivity contribution in [1.29, 1.82) is 0 Å². The Morgan fingerprint density at radius 2 is 2.56 bits per heavy atom. The Morgan fingerprint density at radius 3 is 3.00 bits per heavy atom. The van der Waals surface area contributed by atoms with Crippen LogP contribution in [0, 0.1) is 0 Å². The maximum Gasteiger partial charge on any atom is 0.132 e. The van der Waals surface area contributed by atoms with E-state index in [-0.39, 0.29) is 6.17 Å². The zero-order valence-corrected chi connectivity index (χ0v) is 5.49. The molecule has 3 nitrogen and oxygen atoms in total. The van der Waals surface area contributed by atoms with Gasteiger partial charge >= 0.3 is 0 Å². The van der Waals surface area contributed by atoms with Crippen molar-refractivity contribution in [1.82, 2.24) is 4.90 Å². The predicted octanol–water partition coefficient (Wildman–Crippen LogP) is -0.199. The minimum atomic E-state index is 0.148. The van der Waals surface area contributed by atoms with E-state index < -0.39 is 0 Å². The molecule has 1 atom stereocenters. The second kappa shape index (κ2) is 2.64. The van der Waals surface area contributed by atoms with Gasteiger partial charge < -0.3 is 10.6 Å². The van der Waals surface area contributed by atoms with Gasteiger partial charge in [0.15, 0.2) is 0 Å². The molecule has 1 unspecified atom stereocenters. The van der Waals surface area contributed by atoms with E-state index in [0.29, 0.717) is 6.54 Å². The van der Waals surface area contributed by atoms with Crippen LogP contribution < -0.4 is 5.73 Å². The first-order valence-electron chi connectivity index (χ1n) is 2.96. The monoisotopic (exact) mass is 125 g/mol. The Morgan fingerprint density at radius 1 is 1.78 bits per heavy atom. The molecule has 2 N–H and O–H groups in total. The van der Waals surface area contributed by atoms with Gasteiger partial charge in [0.2, 0.25) is 0 Å². The first-order chi connectivity index (χ1) is 4.34. The van der Waals surface area contributed by atoms with Crippen LogP contribution in [0.15, 0.2) is 17.3 Å². The Kier molecular flexibility index (Phi) is 1.85. The average Bonchev–Trinajstić information content (AvgIpc) is 1.89. The molecule has 0 fully saturated rings. The van der Waals surface area contributed by atoms with Gasteiger partial charge in [0.1, 0.15) is 6.17 Å². The van der Waals surface area contributed by atoms with E-state index >= 15 is 0 Å². The van der Waals surface area contributed by atoms with Crippen LogP contribution in [-0.4, -0.2) is 30.9 Å². The molecule has 3 heteroatoms. The molecule has 0 bridgehead atoms. The van der Waals surface area contributed by atoms with Crippen molar-refractivity contribution >= 4 is 6.21 Å². The fourth-order valence-corrected chi connectivity index (χ4v) is 0.755. The van der Waals surface area contributed by atoms with Crippen molar-refractivity contribution in [3.63, 3.8) is 0 Å². The standard InChI is InChI=1S/C6H11N3/c1-9-4-2-3-8-6(9)5-7/h2-4,6H,5,7H2,1H3. The van der Waals surface area contributed by atoms with E-state index in [1.165, 1.54) is 0 Å². The van der Waals surface area contributed by atoms with Crippen LogP contribution in [0.5, 0.6) is 0 Å². The van der Waals surface area contributed by atoms with Crippen LogP contribution in [0.1, 0.15) is 0 Å². The van der Waals surface area contributed by atoms with Gasteiger partial charge in [-0.05, 0) is 6.08 Å². The lowest BCUT2D eigenvalue weighted by molar-refractivity contribution is 0.343. The number of hydrogen-bond donors (Lipinski definition) is 1. The number of nitrogens with two attached hydrogens (primary N) is 1. The van der Waals surface area contributed by atoms with Gasteiger partial charge in [0.25, 0.3) is 0 Å². The first kappa shape index (κ1) is 6.29. The third kappa shape index (κ3) is 1.29. The second-order valence-electron chi connectivity index (χ2n) is 2.02. The minimum absolute atomic E-state index is 0.148. The predicted molar refractivity (Wildman–Crippen MR) is 38.2 cm³/mol. The third-order valence-corrected chi connectivity index (χ3v) is 1.35. The van der Waals surface area contributed by atoms with Crippen LogP contribution in [0.4, 0.5) is 0 Å². The summed E-state index contributed by atoms with van der Waals surface area (Å²) in [5.41, 5.74) is 5.40. The summed E-state index contributed by atoms with van der Waals surface area (Å²) in [5.74, 6) is 0. The topological polar surface area (TPSA) is 41.6 Å². The Balaban J connectivity index is 2.55. The van der Waals surface area contributed by atoms with Gasteiger partial charge in [-0.1, -0.05) is 0 Å². The van der Waals surface area contributed by atoms with Crippen molar-refractivity contribution < 1.29 is 0 Å². The van der Waals surface area contributed by atoms with Crippen molar-refractivity contribution in [2.75, 3.05) is 13.6 Å². The Bertz CT molecular complexity index is 139. The number of likely N-dealkylation sites (N-methyl/N-ethyl adjacent to an activating group) is 1. The summed E-state index contributed by atoms with van der Waals surface area (Å²) in [6.45, 7) is 0.581. The summed E-state index contributed by atoms with van der Waals surface area (Å²) < 4.78 is 0. The third-order valence-electron chi connectivity index (χ3n) is 1.35. The number of allylic oxidation sites excluding steroid dienone is 1. The second-order valence-corrected chi connectivity index (χ2v) is 2.02. The van der Waals surface area contributed by atoms with Gasteiger partial charge in [0, 0.05) is 26.0 Å². The molecule has 9 heavy (non-hydrogen) atoms. The molecular formula is C6H11N3. The Hall–Kier alpha value is -0.830. The molecule has 0 aromatic heterocycles. The average molecular weight is 125 g/mol. The van der Waals surface area contributed by atoms with Crippen molar-refractivity contribution in [2.24, 2.45) is 10.7 Å². The van der Waals surface area contributed by atoms with Gasteiger partial charge in [0.05, 0.1) is 0 Å². The maximum atomic E-state index is 5.40. The highest BCUT2D eigenvalue weighted by Crippen LogP contribution is 1.99. The molecule has 0 aromatic rings. The zero-order valence-electron chi connectivity index (χ0n) is 5.49. The zero-order chi connectivity index (χ0) is 6.69. The minimum Gasteiger partial charge on any atom is -0.358 e. The van der Waals surface area contributed by atoms with E-state index in [9.17, 15) is 0 Å².